The Hall–Kier alpha value is -3.70. The number of nitrogens with one attached hydrogen (secondary N) is 1. The number of halogens is 4. The van der Waals surface area contributed by atoms with Crippen LogP contribution in [0.25, 0.3) is 0 Å². The zero-order chi connectivity index (χ0) is 28.2. The van der Waals surface area contributed by atoms with Gasteiger partial charge >= 0.3 is 12.1 Å². The van der Waals surface area contributed by atoms with E-state index in [-0.39, 0.29) is 23.5 Å². The lowest BCUT2D eigenvalue weighted by molar-refractivity contribution is -0.192. The second kappa shape index (κ2) is 11.6. The van der Waals surface area contributed by atoms with Gasteiger partial charge in [0, 0.05) is 50.4 Å². The fourth-order valence-electron chi connectivity index (χ4n) is 5.21. The van der Waals surface area contributed by atoms with Crippen LogP contribution in [0.3, 0.4) is 0 Å². The number of nitrogens with zero attached hydrogens (tertiary/aromatic N) is 3. The molecule has 2 aliphatic heterocycles. The fourth-order valence-corrected chi connectivity index (χ4v) is 5.21. The largest absolute Gasteiger partial charge is 0.490 e. The number of carbonyl (C=O) groups is 3. The molecule has 3 fully saturated rings. The molecule has 2 saturated heterocycles. The van der Waals surface area contributed by atoms with Gasteiger partial charge in [-0.2, -0.15) is 13.2 Å². The van der Waals surface area contributed by atoms with Crippen LogP contribution >= 0.6 is 0 Å². The highest BCUT2D eigenvalue weighted by molar-refractivity contribution is 5.94. The van der Waals surface area contributed by atoms with Crippen LogP contribution in [0.1, 0.15) is 36.0 Å². The molecule has 39 heavy (non-hydrogen) atoms. The Bertz CT molecular complexity index is 1170. The first-order chi connectivity index (χ1) is 18.5. The Morgan fingerprint density at radius 3 is 2.36 bits per heavy atom. The SMILES string of the molecule is O=C(O)C(F)(F)F.O=C(c1ccc(F)cc1)N1CCC[C@]2(C(=O)NCC3CC3)CN(c3ccccn3)C[C@@H]2C1. The first-order valence-electron chi connectivity index (χ1n) is 12.8. The number of pyridine rings is 1. The molecule has 0 bridgehead atoms. The highest BCUT2D eigenvalue weighted by atomic mass is 19.4. The lowest BCUT2D eigenvalue weighted by Gasteiger charge is -2.32. The lowest BCUT2D eigenvalue weighted by atomic mass is 9.74. The van der Waals surface area contributed by atoms with E-state index in [2.05, 4.69) is 15.2 Å². The number of carboxylic acids is 1. The molecule has 3 aliphatic rings. The van der Waals surface area contributed by atoms with Crippen molar-refractivity contribution in [1.29, 1.82) is 0 Å². The van der Waals surface area contributed by atoms with Crippen molar-refractivity contribution in [2.45, 2.75) is 31.9 Å². The molecule has 0 unspecified atom stereocenters. The van der Waals surface area contributed by atoms with Crippen LogP contribution in [-0.4, -0.2) is 71.7 Å². The van der Waals surface area contributed by atoms with Gasteiger partial charge in [0.1, 0.15) is 11.6 Å². The van der Waals surface area contributed by atoms with Gasteiger partial charge in [-0.05, 0) is 68.0 Å². The minimum Gasteiger partial charge on any atom is -0.475 e. The van der Waals surface area contributed by atoms with Gasteiger partial charge in [-0.1, -0.05) is 6.07 Å². The van der Waals surface area contributed by atoms with Crippen LogP contribution in [0.2, 0.25) is 0 Å². The van der Waals surface area contributed by atoms with Crippen LogP contribution in [0.5, 0.6) is 0 Å². The first kappa shape index (κ1) is 28.3. The summed E-state index contributed by atoms with van der Waals surface area (Å²) in [6.07, 6.45) is 0.572. The Kier molecular flexibility index (Phi) is 8.41. The molecule has 2 N–H and O–H groups in total. The van der Waals surface area contributed by atoms with Gasteiger partial charge < -0.3 is 20.2 Å². The van der Waals surface area contributed by atoms with E-state index in [4.69, 9.17) is 9.90 Å². The monoisotopic (exact) mass is 550 g/mol. The number of carboxylic acid groups (broad SMARTS) is 1. The predicted molar refractivity (Wildman–Crippen MR) is 133 cm³/mol. The van der Waals surface area contributed by atoms with E-state index >= 15 is 0 Å². The van der Waals surface area contributed by atoms with Crippen LogP contribution in [-0.2, 0) is 9.59 Å². The van der Waals surface area contributed by atoms with E-state index < -0.39 is 17.6 Å². The van der Waals surface area contributed by atoms with Crippen LogP contribution in [0.4, 0.5) is 23.4 Å². The molecule has 3 heterocycles. The van der Waals surface area contributed by atoms with Gasteiger partial charge in [-0.25, -0.2) is 14.2 Å². The normalized spacial score (nSPS) is 22.7. The van der Waals surface area contributed by atoms with E-state index in [0.717, 1.165) is 25.2 Å². The molecule has 2 atom stereocenters. The third-order valence-electron chi connectivity index (χ3n) is 7.48. The average molecular weight is 551 g/mol. The summed E-state index contributed by atoms with van der Waals surface area (Å²) < 4.78 is 45.1. The van der Waals surface area contributed by atoms with Gasteiger partial charge in [0.2, 0.25) is 5.91 Å². The van der Waals surface area contributed by atoms with Gasteiger partial charge in [0.15, 0.2) is 0 Å². The number of aromatic nitrogens is 1. The maximum atomic E-state index is 13.5. The Morgan fingerprint density at radius 2 is 1.77 bits per heavy atom. The van der Waals surface area contributed by atoms with E-state index in [1.54, 1.807) is 6.20 Å². The number of benzene rings is 1. The summed E-state index contributed by atoms with van der Waals surface area (Å²) in [4.78, 5) is 44.2. The standard InChI is InChI=1S/C25H29FN4O2.C2HF3O2/c26-21-9-7-19(8-10-21)23(31)29-13-3-11-25(24(32)28-14-18-5-6-18)17-30(16-20(25)15-29)22-4-1-2-12-27-22;3-2(4,5)1(6)7/h1-2,4,7-10,12,18,20H,3,5-6,11,13-17H2,(H,28,32);(H,6,7)/t20-,25-;/m0./s1. The summed E-state index contributed by atoms with van der Waals surface area (Å²) in [5, 5.41) is 10.4. The number of fused-ring (bicyclic) bond motifs is 1. The van der Waals surface area contributed by atoms with Crippen molar-refractivity contribution < 1.29 is 37.1 Å². The third kappa shape index (κ3) is 6.85. The number of hydrogen-bond donors (Lipinski definition) is 2. The number of carbonyl (C=O) groups excluding carboxylic acids is 2. The number of aliphatic carboxylic acids is 1. The van der Waals surface area contributed by atoms with Crippen molar-refractivity contribution in [2.75, 3.05) is 37.6 Å². The number of hydrogen-bond acceptors (Lipinski definition) is 5. The minimum atomic E-state index is -5.08. The van der Waals surface area contributed by atoms with Crippen molar-refractivity contribution in [3.8, 4) is 0 Å². The summed E-state index contributed by atoms with van der Waals surface area (Å²) in [7, 11) is 0. The molecule has 0 spiro atoms. The molecular weight excluding hydrogens is 520 g/mol. The lowest BCUT2D eigenvalue weighted by Crippen LogP contribution is -2.48. The summed E-state index contributed by atoms with van der Waals surface area (Å²) in [6.45, 7) is 3.16. The van der Waals surface area contributed by atoms with Crippen LogP contribution in [0.15, 0.2) is 48.7 Å². The van der Waals surface area contributed by atoms with Crippen molar-refractivity contribution in [3.05, 3.63) is 60.0 Å². The maximum absolute atomic E-state index is 13.5. The second-order valence-corrected chi connectivity index (χ2v) is 10.2. The van der Waals surface area contributed by atoms with Crippen molar-refractivity contribution >= 4 is 23.6 Å². The predicted octanol–water partition coefficient (Wildman–Crippen LogP) is 3.74. The average Bonchev–Trinajstić information content (AvgIpc) is 3.70. The third-order valence-corrected chi connectivity index (χ3v) is 7.48. The highest BCUT2D eigenvalue weighted by Gasteiger charge is 2.54. The number of anilines is 1. The molecule has 1 aromatic carbocycles. The zero-order valence-electron chi connectivity index (χ0n) is 21.2. The Balaban J connectivity index is 0.000000448. The second-order valence-electron chi connectivity index (χ2n) is 10.2. The van der Waals surface area contributed by atoms with E-state index in [0.29, 0.717) is 37.7 Å². The summed E-state index contributed by atoms with van der Waals surface area (Å²) in [5.74, 6) is -1.61. The molecule has 2 aromatic rings. The Morgan fingerprint density at radius 1 is 1.08 bits per heavy atom. The van der Waals surface area contributed by atoms with Crippen LogP contribution in [0, 0.1) is 23.1 Å². The minimum absolute atomic E-state index is 0.00982. The molecule has 8 nitrogen and oxygen atoms in total. The summed E-state index contributed by atoms with van der Waals surface area (Å²) >= 11 is 0. The van der Waals surface area contributed by atoms with E-state index in [9.17, 15) is 27.2 Å². The maximum Gasteiger partial charge on any atom is 0.490 e. The molecule has 1 saturated carbocycles. The fraction of sp³-hybridized carbons (Fsp3) is 0.481. The molecule has 1 aromatic heterocycles. The molecule has 1 aliphatic carbocycles. The summed E-state index contributed by atoms with van der Waals surface area (Å²) in [6, 6.07) is 11.5. The highest BCUT2D eigenvalue weighted by Crippen LogP contribution is 2.44. The summed E-state index contributed by atoms with van der Waals surface area (Å²) in [5.41, 5.74) is -0.0544. The van der Waals surface area contributed by atoms with Gasteiger partial charge in [0.25, 0.3) is 5.91 Å². The quantitative estimate of drug-likeness (QED) is 0.550. The van der Waals surface area contributed by atoms with Crippen molar-refractivity contribution in [1.82, 2.24) is 15.2 Å². The Labute approximate surface area is 223 Å². The van der Waals surface area contributed by atoms with Crippen molar-refractivity contribution in [2.24, 2.45) is 17.3 Å². The first-order valence-corrected chi connectivity index (χ1v) is 12.8. The molecule has 12 heteroatoms. The van der Waals surface area contributed by atoms with Gasteiger partial charge in [-0.15, -0.1) is 0 Å². The number of likely N-dealkylation sites (tertiary alicyclic amines) is 1. The topological polar surface area (TPSA) is 103 Å². The molecule has 5 rings (SSSR count). The van der Waals surface area contributed by atoms with E-state index in [1.807, 2.05) is 23.1 Å². The molecule has 2 amide bonds. The molecular formula is C27H30F4N4O4. The smallest absolute Gasteiger partial charge is 0.475 e. The van der Waals surface area contributed by atoms with E-state index in [1.165, 1.54) is 37.1 Å². The van der Waals surface area contributed by atoms with Crippen molar-refractivity contribution in [3.63, 3.8) is 0 Å². The van der Waals surface area contributed by atoms with Gasteiger partial charge in [0.05, 0.1) is 5.41 Å². The number of amides is 2. The molecule has 0 radical (unpaired) electrons. The van der Waals surface area contributed by atoms with Gasteiger partial charge in [-0.3, -0.25) is 9.59 Å². The zero-order valence-corrected chi connectivity index (χ0v) is 21.2. The van der Waals surface area contributed by atoms with Crippen LogP contribution < -0.4 is 10.2 Å². The number of rotatable bonds is 5. The molecule has 210 valence electrons. The number of alkyl halides is 3.